The molecule has 0 aromatic heterocycles. The average molecular weight is 411 g/mol. The molecule has 2 fully saturated rings. The van der Waals surface area contributed by atoms with Crippen LogP contribution in [0.3, 0.4) is 0 Å². The van der Waals surface area contributed by atoms with Gasteiger partial charge in [0.05, 0.1) is 18.6 Å². The summed E-state index contributed by atoms with van der Waals surface area (Å²) in [6.07, 6.45) is 1.32. The van der Waals surface area contributed by atoms with Gasteiger partial charge in [-0.25, -0.2) is 17.5 Å². The van der Waals surface area contributed by atoms with E-state index in [0.717, 1.165) is 24.5 Å². The zero-order chi connectivity index (χ0) is 20.1. The summed E-state index contributed by atoms with van der Waals surface area (Å²) in [5.74, 6) is 0.967. The molecular weight excluding hydrogens is 380 g/mol. The Morgan fingerprint density at radius 2 is 1.75 bits per heavy atom. The predicted molar refractivity (Wildman–Crippen MR) is 109 cm³/mol. The number of ether oxygens (including phenoxy) is 1. The first kappa shape index (κ1) is 20.7. The molecule has 3 rings (SSSR count). The van der Waals surface area contributed by atoms with Crippen molar-refractivity contribution in [3.8, 4) is 5.75 Å². The lowest BCUT2D eigenvalue weighted by molar-refractivity contribution is 0.184. The lowest BCUT2D eigenvalue weighted by atomic mass is 10.1. The van der Waals surface area contributed by atoms with E-state index in [0.29, 0.717) is 39.0 Å². The molecule has 2 amide bonds. The van der Waals surface area contributed by atoms with Gasteiger partial charge in [0.15, 0.2) is 0 Å². The minimum atomic E-state index is -3.14. The molecule has 0 radical (unpaired) electrons. The van der Waals surface area contributed by atoms with Crippen molar-refractivity contribution in [3.63, 3.8) is 0 Å². The van der Waals surface area contributed by atoms with Gasteiger partial charge < -0.3 is 19.9 Å². The fourth-order valence-electron chi connectivity index (χ4n) is 3.77. The highest BCUT2D eigenvalue weighted by Gasteiger charge is 2.29. The van der Waals surface area contributed by atoms with E-state index in [1.807, 2.05) is 29.2 Å². The fraction of sp³-hybridized carbons (Fsp3) is 0.632. The standard InChI is InChI=1S/C19H30N4O4S/c1-3-28(25,26)23-10-8-16(9-11-23)20-19(24)22-14-12-21(13-15-22)17-6-4-5-7-18(17)27-2/h4-7,16H,3,8-15H2,1-2H3,(H,20,24). The van der Waals surface area contributed by atoms with E-state index >= 15 is 0 Å². The van der Waals surface area contributed by atoms with Gasteiger partial charge in [0.1, 0.15) is 5.75 Å². The average Bonchev–Trinajstić information content (AvgIpc) is 2.74. The van der Waals surface area contributed by atoms with E-state index in [9.17, 15) is 13.2 Å². The molecule has 156 valence electrons. The summed E-state index contributed by atoms with van der Waals surface area (Å²) in [6.45, 7) is 5.40. The Morgan fingerprint density at radius 1 is 1.11 bits per heavy atom. The molecule has 1 aromatic carbocycles. The quantitative estimate of drug-likeness (QED) is 0.792. The van der Waals surface area contributed by atoms with Gasteiger partial charge in [0.25, 0.3) is 0 Å². The maximum atomic E-state index is 12.6. The smallest absolute Gasteiger partial charge is 0.317 e. The van der Waals surface area contributed by atoms with Crippen LogP contribution in [-0.2, 0) is 10.0 Å². The van der Waals surface area contributed by atoms with Gasteiger partial charge in [-0.15, -0.1) is 0 Å². The number of carbonyl (C=O) groups is 1. The maximum absolute atomic E-state index is 12.6. The highest BCUT2D eigenvalue weighted by atomic mass is 32.2. The number of piperazine rings is 1. The summed E-state index contributed by atoms with van der Waals surface area (Å²) in [5, 5.41) is 3.08. The topological polar surface area (TPSA) is 82.2 Å². The zero-order valence-electron chi connectivity index (χ0n) is 16.6. The van der Waals surface area contributed by atoms with Crippen molar-refractivity contribution in [1.29, 1.82) is 0 Å². The van der Waals surface area contributed by atoms with E-state index in [1.54, 1.807) is 14.0 Å². The summed E-state index contributed by atoms with van der Waals surface area (Å²) in [6, 6.07) is 7.89. The molecule has 1 aromatic rings. The van der Waals surface area contributed by atoms with Crippen LogP contribution in [0.1, 0.15) is 19.8 Å². The lowest BCUT2D eigenvalue weighted by Crippen LogP contribution is -2.55. The van der Waals surface area contributed by atoms with Crippen LogP contribution in [0.15, 0.2) is 24.3 Å². The Balaban J connectivity index is 1.47. The molecule has 0 spiro atoms. The normalized spacial score (nSPS) is 19.5. The van der Waals surface area contributed by atoms with Crippen molar-refractivity contribution in [1.82, 2.24) is 14.5 Å². The molecule has 8 nitrogen and oxygen atoms in total. The second kappa shape index (κ2) is 9.00. The maximum Gasteiger partial charge on any atom is 0.317 e. The van der Waals surface area contributed by atoms with Crippen LogP contribution in [0.5, 0.6) is 5.75 Å². The van der Waals surface area contributed by atoms with Crippen molar-refractivity contribution in [2.45, 2.75) is 25.8 Å². The van der Waals surface area contributed by atoms with Gasteiger partial charge in [-0.1, -0.05) is 12.1 Å². The number of sulfonamides is 1. The lowest BCUT2D eigenvalue weighted by Gasteiger charge is -2.38. The Kier molecular flexibility index (Phi) is 6.66. The second-order valence-electron chi connectivity index (χ2n) is 7.17. The van der Waals surface area contributed by atoms with Crippen LogP contribution in [0.25, 0.3) is 0 Å². The molecule has 0 unspecified atom stereocenters. The number of amides is 2. The first-order valence-electron chi connectivity index (χ1n) is 9.86. The molecule has 2 saturated heterocycles. The van der Waals surface area contributed by atoms with Crippen LogP contribution in [0, 0.1) is 0 Å². The number of hydrogen-bond acceptors (Lipinski definition) is 5. The van der Waals surface area contributed by atoms with E-state index in [1.165, 1.54) is 4.31 Å². The number of para-hydroxylation sites is 2. The van der Waals surface area contributed by atoms with E-state index < -0.39 is 10.0 Å². The monoisotopic (exact) mass is 410 g/mol. The number of benzene rings is 1. The number of nitrogens with one attached hydrogen (secondary N) is 1. The molecule has 28 heavy (non-hydrogen) atoms. The summed E-state index contributed by atoms with van der Waals surface area (Å²) >= 11 is 0. The van der Waals surface area contributed by atoms with Gasteiger partial charge in [-0.2, -0.15) is 0 Å². The largest absolute Gasteiger partial charge is 0.495 e. The zero-order valence-corrected chi connectivity index (χ0v) is 17.5. The number of carbonyl (C=O) groups excluding carboxylic acids is 1. The van der Waals surface area contributed by atoms with E-state index in [-0.39, 0.29) is 17.8 Å². The predicted octanol–water partition coefficient (Wildman–Crippen LogP) is 1.34. The minimum Gasteiger partial charge on any atom is -0.495 e. The van der Waals surface area contributed by atoms with E-state index in [2.05, 4.69) is 10.2 Å². The number of rotatable bonds is 5. The first-order chi connectivity index (χ1) is 13.4. The molecule has 1 N–H and O–H groups in total. The Bertz CT molecular complexity index is 770. The molecule has 2 heterocycles. The molecule has 0 bridgehead atoms. The minimum absolute atomic E-state index is 0.0306. The molecule has 9 heteroatoms. The van der Waals surface area contributed by atoms with Gasteiger partial charge in [-0.05, 0) is 31.9 Å². The molecular formula is C19H30N4O4S. The number of methoxy groups -OCH3 is 1. The van der Waals surface area contributed by atoms with Crippen LogP contribution >= 0.6 is 0 Å². The fourth-order valence-corrected chi connectivity index (χ4v) is 4.90. The van der Waals surface area contributed by atoms with Gasteiger partial charge in [-0.3, -0.25) is 0 Å². The SMILES string of the molecule is CCS(=O)(=O)N1CCC(NC(=O)N2CCN(c3ccccc3OC)CC2)CC1. The van der Waals surface area contributed by atoms with Crippen molar-refractivity contribution < 1.29 is 17.9 Å². The number of hydrogen-bond donors (Lipinski definition) is 1. The van der Waals surface area contributed by atoms with Crippen molar-refractivity contribution >= 4 is 21.7 Å². The Morgan fingerprint density at radius 3 is 2.36 bits per heavy atom. The summed E-state index contributed by atoms with van der Waals surface area (Å²) < 4.78 is 30.8. The highest BCUT2D eigenvalue weighted by molar-refractivity contribution is 7.89. The summed E-state index contributed by atoms with van der Waals surface area (Å²) in [4.78, 5) is 16.7. The third-order valence-corrected chi connectivity index (χ3v) is 7.41. The molecule has 0 atom stereocenters. The molecule has 0 aliphatic carbocycles. The van der Waals surface area contributed by atoms with Gasteiger partial charge >= 0.3 is 6.03 Å². The van der Waals surface area contributed by atoms with Crippen molar-refractivity contribution in [2.75, 3.05) is 57.0 Å². The number of urea groups is 1. The van der Waals surface area contributed by atoms with Crippen LogP contribution in [-0.4, -0.2) is 81.8 Å². The molecule has 2 aliphatic heterocycles. The highest BCUT2D eigenvalue weighted by Crippen LogP contribution is 2.28. The second-order valence-corrected chi connectivity index (χ2v) is 9.43. The first-order valence-corrected chi connectivity index (χ1v) is 11.5. The third-order valence-electron chi connectivity index (χ3n) is 5.53. The van der Waals surface area contributed by atoms with Crippen LogP contribution in [0.2, 0.25) is 0 Å². The van der Waals surface area contributed by atoms with Crippen molar-refractivity contribution in [3.05, 3.63) is 24.3 Å². The number of nitrogens with zero attached hydrogens (tertiary/aromatic N) is 3. The van der Waals surface area contributed by atoms with Crippen LogP contribution in [0.4, 0.5) is 10.5 Å². The summed E-state index contributed by atoms with van der Waals surface area (Å²) in [7, 11) is -1.47. The number of anilines is 1. The molecule has 2 aliphatic rings. The Hall–Kier alpha value is -2.00. The van der Waals surface area contributed by atoms with Gasteiger partial charge in [0.2, 0.25) is 10.0 Å². The van der Waals surface area contributed by atoms with Crippen molar-refractivity contribution in [2.24, 2.45) is 0 Å². The number of piperidine rings is 1. The van der Waals surface area contributed by atoms with Gasteiger partial charge in [0, 0.05) is 45.3 Å². The molecule has 0 saturated carbocycles. The van der Waals surface area contributed by atoms with Crippen LogP contribution < -0.4 is 15.0 Å². The Labute approximate surface area is 167 Å². The summed E-state index contributed by atoms with van der Waals surface area (Å²) in [5.41, 5.74) is 1.05. The van der Waals surface area contributed by atoms with E-state index in [4.69, 9.17) is 4.74 Å². The third kappa shape index (κ3) is 4.70.